The third kappa shape index (κ3) is 1.23. The maximum absolute atomic E-state index is 10.7. The fraction of sp³-hybridized carbons (Fsp3) is 0.200. The van der Waals surface area contributed by atoms with Crippen molar-refractivity contribution in [3.05, 3.63) is 16.4 Å². The highest BCUT2D eigenvalue weighted by atomic mass is 16.6. The zero-order valence-electron chi connectivity index (χ0n) is 5.62. The minimum atomic E-state index is -1.03. The van der Waals surface area contributed by atoms with Crippen LogP contribution in [0.25, 0.3) is 0 Å². The fourth-order valence-electron chi connectivity index (χ4n) is 0.526. The molecule has 11 heavy (non-hydrogen) atoms. The monoisotopic (exact) mass is 159 g/mol. The first kappa shape index (κ1) is 7.39. The fourth-order valence-corrected chi connectivity index (χ4v) is 0.526. The lowest BCUT2D eigenvalue weighted by Crippen LogP contribution is -2.02. The molecule has 0 fully saturated rings. The van der Waals surface area contributed by atoms with E-state index in [-0.39, 0.29) is 5.88 Å². The molecule has 0 atom stereocenters. The van der Waals surface area contributed by atoms with Gasteiger partial charge in [-0.3, -0.25) is 0 Å². The van der Waals surface area contributed by atoms with E-state index in [1.807, 2.05) is 0 Å². The number of ether oxygens (including phenoxy) is 1. The summed E-state index contributed by atoms with van der Waals surface area (Å²) in [5.74, 6) is -2.64. The summed E-state index contributed by atoms with van der Waals surface area (Å²) in [6.07, 6.45) is 0. The Morgan fingerprint density at radius 1 is 1.55 bits per heavy atom. The SMILES string of the molecule is COC(=O)c1oc(=O)oc1N. The Kier molecular flexibility index (Phi) is 1.67. The molecule has 0 spiro atoms. The Labute approximate surface area is 60.5 Å². The van der Waals surface area contributed by atoms with Crippen LogP contribution < -0.4 is 11.6 Å². The molecule has 0 saturated carbocycles. The van der Waals surface area contributed by atoms with Gasteiger partial charge >= 0.3 is 11.8 Å². The van der Waals surface area contributed by atoms with Crippen molar-refractivity contribution in [3.8, 4) is 0 Å². The van der Waals surface area contributed by atoms with E-state index < -0.39 is 17.6 Å². The molecule has 6 nitrogen and oxygen atoms in total. The average Bonchev–Trinajstić information content (AvgIpc) is 2.28. The van der Waals surface area contributed by atoms with Gasteiger partial charge in [-0.2, -0.15) is 0 Å². The summed E-state index contributed by atoms with van der Waals surface area (Å²) in [7, 11) is 1.13. The summed E-state index contributed by atoms with van der Waals surface area (Å²) < 4.78 is 12.7. The quantitative estimate of drug-likeness (QED) is 0.560. The molecule has 1 heterocycles. The van der Waals surface area contributed by atoms with E-state index in [0.29, 0.717) is 0 Å². The van der Waals surface area contributed by atoms with E-state index in [1.54, 1.807) is 0 Å². The molecule has 1 aromatic heterocycles. The van der Waals surface area contributed by atoms with Gasteiger partial charge < -0.3 is 19.3 Å². The summed E-state index contributed by atoms with van der Waals surface area (Å²) in [5.41, 5.74) is 5.06. The largest absolute Gasteiger partial charge is 0.521 e. The summed E-state index contributed by atoms with van der Waals surface area (Å²) >= 11 is 0. The first-order valence-corrected chi connectivity index (χ1v) is 2.63. The lowest BCUT2D eigenvalue weighted by molar-refractivity contribution is 0.0564. The number of anilines is 1. The number of carbonyl (C=O) groups excluding carboxylic acids is 1. The maximum atomic E-state index is 10.7. The molecule has 0 bridgehead atoms. The Morgan fingerprint density at radius 2 is 2.18 bits per heavy atom. The van der Waals surface area contributed by atoms with Crippen LogP contribution in [0.2, 0.25) is 0 Å². The number of methoxy groups -OCH3 is 1. The van der Waals surface area contributed by atoms with Crippen molar-refractivity contribution in [3.63, 3.8) is 0 Å². The van der Waals surface area contributed by atoms with Crippen LogP contribution in [0, 0.1) is 0 Å². The van der Waals surface area contributed by atoms with Gasteiger partial charge in [-0.15, -0.1) is 0 Å². The van der Waals surface area contributed by atoms with Crippen molar-refractivity contribution in [2.24, 2.45) is 0 Å². The molecule has 60 valence electrons. The molecule has 6 heteroatoms. The third-order valence-electron chi connectivity index (χ3n) is 0.973. The van der Waals surface area contributed by atoms with Crippen molar-refractivity contribution >= 4 is 11.9 Å². The van der Waals surface area contributed by atoms with Crippen molar-refractivity contribution in [2.45, 2.75) is 0 Å². The van der Waals surface area contributed by atoms with Gasteiger partial charge in [-0.1, -0.05) is 0 Å². The van der Waals surface area contributed by atoms with Crippen LogP contribution >= 0.6 is 0 Å². The zero-order chi connectivity index (χ0) is 8.43. The van der Waals surface area contributed by atoms with Crippen molar-refractivity contribution < 1.29 is 18.4 Å². The molecular weight excluding hydrogens is 154 g/mol. The first-order valence-electron chi connectivity index (χ1n) is 2.63. The van der Waals surface area contributed by atoms with E-state index in [0.717, 1.165) is 7.11 Å². The standard InChI is InChI=1S/C5H5NO5/c1-9-4(7)2-3(6)11-5(8)10-2/h6H2,1H3. The zero-order valence-corrected chi connectivity index (χ0v) is 5.62. The molecule has 0 aliphatic carbocycles. The minimum Gasteiger partial charge on any atom is -0.463 e. The molecule has 0 aromatic carbocycles. The lowest BCUT2D eigenvalue weighted by Gasteiger charge is -1.90. The molecule has 0 radical (unpaired) electrons. The van der Waals surface area contributed by atoms with Gasteiger partial charge in [0, 0.05) is 0 Å². The number of rotatable bonds is 1. The van der Waals surface area contributed by atoms with Crippen LogP contribution in [-0.4, -0.2) is 13.1 Å². The predicted molar refractivity (Wildman–Crippen MR) is 33.0 cm³/mol. The van der Waals surface area contributed by atoms with Crippen molar-refractivity contribution in [2.75, 3.05) is 12.8 Å². The smallest absolute Gasteiger partial charge is 0.463 e. The summed E-state index contributed by atoms with van der Waals surface area (Å²) in [6.45, 7) is 0. The second-order valence-electron chi connectivity index (χ2n) is 1.64. The Hall–Kier alpha value is -1.72. The number of nitrogen functional groups attached to an aromatic ring is 1. The van der Waals surface area contributed by atoms with Gasteiger partial charge in [0.05, 0.1) is 7.11 Å². The van der Waals surface area contributed by atoms with Gasteiger partial charge in [0.15, 0.2) is 0 Å². The Bertz CT molecular complexity index is 322. The van der Waals surface area contributed by atoms with E-state index in [4.69, 9.17) is 5.73 Å². The second kappa shape index (κ2) is 2.49. The highest BCUT2D eigenvalue weighted by Crippen LogP contribution is 2.08. The van der Waals surface area contributed by atoms with Gasteiger partial charge in [0.1, 0.15) is 0 Å². The minimum absolute atomic E-state index is 0.373. The van der Waals surface area contributed by atoms with Crippen LogP contribution in [0.1, 0.15) is 10.6 Å². The Balaban J connectivity index is 3.13. The molecule has 2 N–H and O–H groups in total. The highest BCUT2D eigenvalue weighted by molar-refractivity contribution is 5.90. The van der Waals surface area contributed by atoms with Gasteiger partial charge in [0.2, 0.25) is 5.88 Å². The van der Waals surface area contributed by atoms with Gasteiger partial charge in [-0.25, -0.2) is 9.59 Å². The highest BCUT2D eigenvalue weighted by Gasteiger charge is 2.18. The van der Waals surface area contributed by atoms with Gasteiger partial charge in [-0.05, 0) is 0 Å². The summed E-state index contributed by atoms with van der Waals surface area (Å²) in [5, 5.41) is 0. The van der Waals surface area contributed by atoms with E-state index in [9.17, 15) is 9.59 Å². The summed E-state index contributed by atoms with van der Waals surface area (Å²) in [4.78, 5) is 21.0. The number of carbonyl (C=O) groups is 1. The molecule has 0 saturated heterocycles. The predicted octanol–water partition coefficient (Wildman–Crippen LogP) is -0.398. The third-order valence-corrected chi connectivity index (χ3v) is 0.973. The normalized spacial score (nSPS) is 9.55. The lowest BCUT2D eigenvalue weighted by atomic mass is 10.5. The van der Waals surface area contributed by atoms with Crippen molar-refractivity contribution in [1.82, 2.24) is 0 Å². The Morgan fingerprint density at radius 3 is 2.55 bits per heavy atom. The molecule has 0 aliphatic rings. The molecule has 0 unspecified atom stereocenters. The van der Waals surface area contributed by atoms with Crippen LogP contribution in [0.15, 0.2) is 13.6 Å². The van der Waals surface area contributed by atoms with Crippen LogP contribution in [0.3, 0.4) is 0 Å². The number of nitrogens with two attached hydrogens (primary N) is 1. The molecule has 1 rings (SSSR count). The number of esters is 1. The van der Waals surface area contributed by atoms with Crippen LogP contribution in [0.4, 0.5) is 5.88 Å². The van der Waals surface area contributed by atoms with Crippen LogP contribution in [-0.2, 0) is 4.74 Å². The molecular formula is C5H5NO5. The van der Waals surface area contributed by atoms with E-state index in [1.165, 1.54) is 0 Å². The topological polar surface area (TPSA) is 95.7 Å². The summed E-state index contributed by atoms with van der Waals surface area (Å²) in [6, 6.07) is 0. The van der Waals surface area contributed by atoms with Crippen molar-refractivity contribution in [1.29, 1.82) is 0 Å². The second-order valence-corrected chi connectivity index (χ2v) is 1.64. The van der Waals surface area contributed by atoms with E-state index >= 15 is 0 Å². The molecule has 0 aliphatic heterocycles. The number of hydrogen-bond donors (Lipinski definition) is 1. The van der Waals surface area contributed by atoms with Crippen LogP contribution in [0.5, 0.6) is 0 Å². The van der Waals surface area contributed by atoms with Gasteiger partial charge in [0.25, 0.3) is 5.76 Å². The first-order chi connectivity index (χ1) is 5.15. The van der Waals surface area contributed by atoms with E-state index in [2.05, 4.69) is 13.6 Å². The molecule has 1 aromatic rings. The molecule has 0 amide bonds. The number of hydrogen-bond acceptors (Lipinski definition) is 6. The average molecular weight is 159 g/mol. The maximum Gasteiger partial charge on any atom is 0.521 e.